The molecule has 0 spiro atoms. The molecule has 2 aromatic carbocycles. The van der Waals surface area contributed by atoms with Crippen molar-refractivity contribution in [2.75, 3.05) is 51.2 Å². The maximum absolute atomic E-state index is 14.7. The van der Waals surface area contributed by atoms with Crippen molar-refractivity contribution in [1.29, 1.82) is 0 Å². The fourth-order valence-corrected chi connectivity index (χ4v) is 10.1. The van der Waals surface area contributed by atoms with Crippen LogP contribution in [-0.4, -0.2) is 120 Å². The highest BCUT2D eigenvalue weighted by Crippen LogP contribution is 2.69. The van der Waals surface area contributed by atoms with Gasteiger partial charge in [-0.1, -0.05) is 63.1 Å². The molecule has 0 bridgehead atoms. The van der Waals surface area contributed by atoms with E-state index in [1.165, 1.54) is 0 Å². The van der Waals surface area contributed by atoms with Gasteiger partial charge in [0.1, 0.15) is 36.5 Å². The predicted octanol–water partition coefficient (Wildman–Crippen LogP) is 2.88. The van der Waals surface area contributed by atoms with E-state index in [-0.39, 0.29) is 36.8 Å². The van der Waals surface area contributed by atoms with Gasteiger partial charge < -0.3 is 39.7 Å². The molecule has 6 heterocycles. The monoisotopic (exact) mass is 684 g/mol. The first-order valence-corrected chi connectivity index (χ1v) is 18.3. The summed E-state index contributed by atoms with van der Waals surface area (Å²) in [6, 6.07) is 13.2. The summed E-state index contributed by atoms with van der Waals surface area (Å²) in [7, 11) is 3.40. The van der Waals surface area contributed by atoms with Crippen LogP contribution in [-0.2, 0) is 39.5 Å². The number of amides is 4. The molecule has 0 aromatic heterocycles. The van der Waals surface area contributed by atoms with E-state index < -0.39 is 47.3 Å². The number of hydrogen-bond donors (Lipinski definition) is 2. The second-order valence-electron chi connectivity index (χ2n) is 14.8. The molecule has 1 unspecified atom stereocenters. The number of unbranched alkanes of at least 4 members (excludes halogenated alkanes) is 2. The number of fused-ring (bicyclic) bond motifs is 11. The van der Waals surface area contributed by atoms with Crippen LogP contribution in [0.5, 0.6) is 0 Å². The standard InChI is InChI=1S/C38H48N6O6/c1-5-7-17-49-21-29-33(47)43-27(31(45)41(29)3)19-37(23-13-9-11-15-25(23)39-35(37)43)38-20-28-32(46)42(4)30(22-50-18-8-6-2)34(48)44(28)36(38)40-26-16-12-10-14-24(26)38/h9-16,27-30,35-36,39-40H,5-8,17-22H2,1-4H3/t27-,28-,29-,30-,35+,36+,37-,38?/m0/s1. The van der Waals surface area contributed by atoms with Crippen LogP contribution in [0.15, 0.2) is 48.5 Å². The average molecular weight is 685 g/mol. The number of likely N-dealkylation sites (N-methyl/N-ethyl adjacent to an activating group) is 2. The van der Waals surface area contributed by atoms with E-state index in [2.05, 4.69) is 36.6 Å². The van der Waals surface area contributed by atoms with Crippen LogP contribution < -0.4 is 10.6 Å². The Bertz CT molecular complexity index is 1600. The molecule has 2 N–H and O–H groups in total. The number of nitrogens with one attached hydrogen (secondary N) is 2. The zero-order valence-electron chi connectivity index (χ0n) is 29.4. The zero-order chi connectivity index (χ0) is 34.9. The summed E-state index contributed by atoms with van der Waals surface area (Å²) in [6.07, 6.45) is 3.18. The van der Waals surface area contributed by atoms with Crippen molar-refractivity contribution in [2.24, 2.45) is 0 Å². The first kappa shape index (κ1) is 33.0. The minimum Gasteiger partial charge on any atom is -0.379 e. The number of nitrogens with zero attached hydrogens (tertiary/aromatic N) is 4. The fourth-order valence-electron chi connectivity index (χ4n) is 10.1. The summed E-state index contributed by atoms with van der Waals surface area (Å²) in [5, 5.41) is 7.44. The van der Waals surface area contributed by atoms with Gasteiger partial charge in [0, 0.05) is 38.7 Å². The van der Waals surface area contributed by atoms with Crippen molar-refractivity contribution >= 4 is 35.0 Å². The number of carbonyl (C=O) groups is 4. The number of anilines is 2. The lowest BCUT2D eigenvalue weighted by Crippen LogP contribution is -2.67. The van der Waals surface area contributed by atoms with Crippen LogP contribution in [0.3, 0.4) is 0 Å². The van der Waals surface area contributed by atoms with Gasteiger partial charge in [-0.05, 0) is 48.9 Å². The largest absolute Gasteiger partial charge is 0.379 e. The molecule has 12 heteroatoms. The quantitative estimate of drug-likeness (QED) is 0.347. The summed E-state index contributed by atoms with van der Waals surface area (Å²) < 4.78 is 11.9. The Morgan fingerprint density at radius 3 is 1.44 bits per heavy atom. The maximum Gasteiger partial charge on any atom is 0.250 e. The molecule has 50 heavy (non-hydrogen) atoms. The van der Waals surface area contributed by atoms with Crippen molar-refractivity contribution < 1.29 is 28.7 Å². The molecular weight excluding hydrogens is 636 g/mol. The van der Waals surface area contributed by atoms with Gasteiger partial charge in [0.05, 0.1) is 24.0 Å². The van der Waals surface area contributed by atoms with E-state index in [0.717, 1.165) is 48.2 Å². The van der Waals surface area contributed by atoms with E-state index in [1.54, 1.807) is 33.7 Å². The average Bonchev–Trinajstić information content (AvgIpc) is 3.83. The van der Waals surface area contributed by atoms with Gasteiger partial charge in [0.2, 0.25) is 23.6 Å². The van der Waals surface area contributed by atoms with E-state index in [9.17, 15) is 19.2 Å². The van der Waals surface area contributed by atoms with Gasteiger partial charge >= 0.3 is 0 Å². The minimum atomic E-state index is -0.869. The van der Waals surface area contributed by atoms with E-state index in [4.69, 9.17) is 9.47 Å². The molecule has 2 aromatic rings. The van der Waals surface area contributed by atoms with E-state index in [1.807, 2.05) is 36.4 Å². The number of rotatable bonds is 11. The predicted molar refractivity (Wildman–Crippen MR) is 186 cm³/mol. The van der Waals surface area contributed by atoms with Crippen LogP contribution in [0.25, 0.3) is 0 Å². The number of hydrogen-bond acceptors (Lipinski definition) is 8. The van der Waals surface area contributed by atoms with Gasteiger partial charge in [-0.25, -0.2) is 0 Å². The number of piperazine rings is 2. The van der Waals surface area contributed by atoms with Gasteiger partial charge in [-0.3, -0.25) is 19.2 Å². The summed E-state index contributed by atoms with van der Waals surface area (Å²) in [4.78, 5) is 64.7. The lowest BCUT2D eigenvalue weighted by atomic mass is 9.54. The van der Waals surface area contributed by atoms with Crippen LogP contribution in [0.1, 0.15) is 63.5 Å². The molecule has 0 aliphatic carbocycles. The number of benzene rings is 2. The van der Waals surface area contributed by atoms with Gasteiger partial charge in [0.25, 0.3) is 0 Å². The highest BCUT2D eigenvalue weighted by atomic mass is 16.5. The topological polar surface area (TPSA) is 124 Å². The number of ether oxygens (including phenoxy) is 2. The number of para-hydroxylation sites is 2. The third-order valence-corrected chi connectivity index (χ3v) is 12.5. The summed E-state index contributed by atoms with van der Waals surface area (Å²) in [5.41, 5.74) is 2.04. The molecule has 4 fully saturated rings. The Morgan fingerprint density at radius 1 is 0.640 bits per heavy atom. The van der Waals surface area contributed by atoms with E-state index in [0.29, 0.717) is 26.1 Å². The maximum atomic E-state index is 14.7. The van der Waals surface area contributed by atoms with Crippen LogP contribution in [0.2, 0.25) is 0 Å². The molecule has 6 aliphatic rings. The first-order chi connectivity index (χ1) is 24.2. The molecule has 0 saturated carbocycles. The van der Waals surface area contributed by atoms with Gasteiger partial charge in [-0.15, -0.1) is 0 Å². The summed E-state index contributed by atoms with van der Waals surface area (Å²) >= 11 is 0. The Kier molecular flexibility index (Phi) is 8.09. The molecule has 4 saturated heterocycles. The highest BCUT2D eigenvalue weighted by Gasteiger charge is 2.78. The molecular formula is C38H48N6O6. The molecule has 12 nitrogen and oxygen atoms in total. The molecule has 8 rings (SSSR count). The van der Waals surface area contributed by atoms with E-state index >= 15 is 0 Å². The molecule has 266 valence electrons. The number of carbonyl (C=O) groups excluding carboxylic acids is 4. The molecule has 6 aliphatic heterocycles. The SMILES string of the molecule is CCCCOC[C@H]1C(=O)N2[C@H]3Nc4ccccc4C3([C@]34C[C@H]5C(=O)N(C)[C@@H](COCCCC)C(=O)N5[C@H]3Nc3ccccc34)C[C@H]2C(=O)N1C. The normalized spacial score (nSPS) is 33.5. The molecule has 8 atom stereocenters. The fraction of sp³-hybridized carbons (Fsp3) is 0.579. The Balaban J connectivity index is 1.27. The zero-order valence-corrected chi connectivity index (χ0v) is 29.4. The second-order valence-corrected chi connectivity index (χ2v) is 14.8. The van der Waals surface area contributed by atoms with Gasteiger partial charge in [-0.2, -0.15) is 0 Å². The first-order valence-electron chi connectivity index (χ1n) is 18.3. The second kappa shape index (κ2) is 12.3. The van der Waals surface area contributed by atoms with Crippen molar-refractivity contribution in [3.63, 3.8) is 0 Å². The smallest absolute Gasteiger partial charge is 0.250 e. The van der Waals surface area contributed by atoms with Crippen LogP contribution >= 0.6 is 0 Å². The lowest BCUT2D eigenvalue weighted by Gasteiger charge is -2.48. The lowest BCUT2D eigenvalue weighted by molar-refractivity contribution is -0.162. The molecule has 0 radical (unpaired) electrons. The van der Waals surface area contributed by atoms with Gasteiger partial charge in [0.15, 0.2) is 0 Å². The van der Waals surface area contributed by atoms with Crippen molar-refractivity contribution in [2.45, 2.75) is 99.7 Å². The van der Waals surface area contributed by atoms with Crippen molar-refractivity contribution in [3.8, 4) is 0 Å². The van der Waals surface area contributed by atoms with Crippen LogP contribution in [0.4, 0.5) is 11.4 Å². The highest BCUT2D eigenvalue weighted by molar-refractivity contribution is 6.01. The minimum absolute atomic E-state index is 0.124. The Morgan fingerprint density at radius 2 is 1.04 bits per heavy atom. The third-order valence-electron chi connectivity index (χ3n) is 12.5. The summed E-state index contributed by atoms with van der Waals surface area (Å²) in [5.74, 6) is -0.554. The Hall–Kier alpha value is -4.16. The van der Waals surface area contributed by atoms with Crippen molar-refractivity contribution in [3.05, 3.63) is 59.7 Å². The summed E-state index contributed by atoms with van der Waals surface area (Å²) in [6.45, 7) is 5.47. The van der Waals surface area contributed by atoms with Crippen molar-refractivity contribution in [1.82, 2.24) is 19.6 Å². The third kappa shape index (κ3) is 4.30. The molecule has 4 amide bonds. The van der Waals surface area contributed by atoms with Crippen LogP contribution in [0, 0.1) is 0 Å². The Labute approximate surface area is 293 Å².